The van der Waals surface area contributed by atoms with Crippen molar-refractivity contribution in [3.63, 3.8) is 0 Å². The maximum absolute atomic E-state index is 12.8. The van der Waals surface area contributed by atoms with Gasteiger partial charge in [0.25, 0.3) is 0 Å². The molecule has 76 valence electrons. The summed E-state index contributed by atoms with van der Waals surface area (Å²) in [5, 5.41) is 9.15. The molecule has 1 rings (SSSR count). The van der Waals surface area contributed by atoms with Crippen LogP contribution in [0.25, 0.3) is 0 Å². The van der Waals surface area contributed by atoms with Gasteiger partial charge < -0.3 is 5.11 Å². The first kappa shape index (κ1) is 10.6. The van der Waals surface area contributed by atoms with Crippen LogP contribution in [0, 0.1) is 5.41 Å². The van der Waals surface area contributed by atoms with E-state index in [-0.39, 0.29) is 24.9 Å². The van der Waals surface area contributed by atoms with E-state index in [4.69, 9.17) is 5.11 Å². The Balaban J connectivity index is 2.57. The third kappa shape index (κ3) is 2.50. The molecule has 0 aromatic carbocycles. The van der Waals surface area contributed by atoms with Crippen LogP contribution in [0.5, 0.6) is 0 Å². The normalized spacial score (nSPS) is 25.5. The second-order valence-corrected chi connectivity index (χ2v) is 4.01. The summed E-state index contributed by atoms with van der Waals surface area (Å²) in [6.07, 6.45) is 2.97. The molecule has 1 saturated carbocycles. The van der Waals surface area contributed by atoms with Crippen molar-refractivity contribution in [2.24, 2.45) is 5.41 Å². The van der Waals surface area contributed by atoms with Crippen molar-refractivity contribution in [3.8, 4) is 0 Å². The van der Waals surface area contributed by atoms with Crippen molar-refractivity contribution in [1.82, 2.24) is 0 Å². The van der Waals surface area contributed by atoms with E-state index in [0.717, 1.165) is 0 Å². The van der Waals surface area contributed by atoms with E-state index in [1.165, 1.54) is 0 Å². The molecule has 0 aromatic heterocycles. The van der Waals surface area contributed by atoms with Crippen LogP contribution >= 0.6 is 0 Å². The quantitative estimate of drug-likeness (QED) is 0.678. The van der Waals surface area contributed by atoms with Crippen LogP contribution in [0.15, 0.2) is 12.7 Å². The highest BCUT2D eigenvalue weighted by Gasteiger charge is 2.42. The molecule has 0 aromatic rings. The van der Waals surface area contributed by atoms with Gasteiger partial charge in [-0.2, -0.15) is 0 Å². The predicted octanol–water partition coefficient (Wildman–Crippen LogP) is 2.75. The second kappa shape index (κ2) is 3.74. The lowest BCUT2D eigenvalue weighted by Gasteiger charge is -2.38. The summed E-state index contributed by atoms with van der Waals surface area (Å²) in [6, 6.07) is 0. The zero-order valence-corrected chi connectivity index (χ0v) is 7.73. The van der Waals surface area contributed by atoms with Crippen LogP contribution in [-0.4, -0.2) is 17.6 Å². The second-order valence-electron chi connectivity index (χ2n) is 4.01. The molecule has 1 fully saturated rings. The van der Waals surface area contributed by atoms with E-state index in [2.05, 4.69) is 6.58 Å². The highest BCUT2D eigenvalue weighted by Crippen LogP contribution is 2.45. The van der Waals surface area contributed by atoms with Crippen molar-refractivity contribution in [2.45, 2.75) is 38.0 Å². The molecule has 0 atom stereocenters. The monoisotopic (exact) mass is 190 g/mol. The van der Waals surface area contributed by atoms with Gasteiger partial charge in [-0.1, -0.05) is 6.08 Å². The van der Waals surface area contributed by atoms with Gasteiger partial charge in [0.15, 0.2) is 0 Å². The molecule has 0 bridgehead atoms. The van der Waals surface area contributed by atoms with Gasteiger partial charge in [-0.05, 0) is 24.7 Å². The van der Waals surface area contributed by atoms with Crippen LogP contribution < -0.4 is 0 Å². The van der Waals surface area contributed by atoms with Crippen molar-refractivity contribution >= 4 is 0 Å². The van der Waals surface area contributed by atoms with Gasteiger partial charge in [-0.15, -0.1) is 6.58 Å². The molecule has 0 unspecified atom stereocenters. The number of hydrogen-bond donors (Lipinski definition) is 1. The predicted molar refractivity (Wildman–Crippen MR) is 47.7 cm³/mol. The minimum atomic E-state index is -2.51. The molecule has 0 radical (unpaired) electrons. The molecule has 1 nitrogen and oxygen atoms in total. The van der Waals surface area contributed by atoms with Crippen molar-refractivity contribution in [2.75, 3.05) is 6.61 Å². The summed E-state index contributed by atoms with van der Waals surface area (Å²) in [5.41, 5.74) is -0.316. The van der Waals surface area contributed by atoms with Gasteiger partial charge in [-0.25, -0.2) is 8.78 Å². The minimum Gasteiger partial charge on any atom is -0.396 e. The first-order chi connectivity index (χ1) is 6.04. The standard InChI is InChI=1S/C10H16F2O/c1-2-3-9(8-13)4-6-10(11,12)7-5-9/h2,13H,1,3-8H2. The molecule has 0 saturated heterocycles. The Kier molecular flexibility index (Phi) is 3.06. The minimum absolute atomic E-state index is 0.00486. The molecular weight excluding hydrogens is 174 g/mol. The molecule has 3 heteroatoms. The van der Waals surface area contributed by atoms with Crippen LogP contribution in [0.3, 0.4) is 0 Å². The van der Waals surface area contributed by atoms with Gasteiger partial charge in [0.2, 0.25) is 5.92 Å². The molecule has 0 heterocycles. The number of alkyl halides is 2. The zero-order valence-electron chi connectivity index (χ0n) is 7.73. The van der Waals surface area contributed by atoms with Gasteiger partial charge >= 0.3 is 0 Å². The SMILES string of the molecule is C=CCC1(CO)CCC(F)(F)CC1. The maximum atomic E-state index is 12.8. The fourth-order valence-corrected chi connectivity index (χ4v) is 1.88. The lowest BCUT2D eigenvalue weighted by atomic mass is 9.71. The summed E-state index contributed by atoms with van der Waals surface area (Å²) in [7, 11) is 0. The average Bonchev–Trinajstić information content (AvgIpc) is 2.10. The van der Waals surface area contributed by atoms with Crippen LogP contribution in [0.2, 0.25) is 0 Å². The number of halogens is 2. The number of aliphatic hydroxyl groups excluding tert-OH is 1. The Morgan fingerprint density at radius 3 is 2.15 bits per heavy atom. The lowest BCUT2D eigenvalue weighted by Crippen LogP contribution is -2.35. The topological polar surface area (TPSA) is 20.2 Å². The Hall–Kier alpha value is -0.440. The summed E-state index contributed by atoms with van der Waals surface area (Å²) < 4.78 is 25.6. The molecule has 1 N–H and O–H groups in total. The molecule has 1 aliphatic carbocycles. The van der Waals surface area contributed by atoms with Crippen LogP contribution in [-0.2, 0) is 0 Å². The lowest BCUT2D eigenvalue weighted by molar-refractivity contribution is -0.0773. The Morgan fingerprint density at radius 1 is 1.23 bits per heavy atom. The first-order valence-corrected chi connectivity index (χ1v) is 4.63. The van der Waals surface area contributed by atoms with Crippen molar-refractivity contribution < 1.29 is 13.9 Å². The molecule has 1 aliphatic rings. The third-order valence-electron chi connectivity index (χ3n) is 2.95. The van der Waals surface area contributed by atoms with Gasteiger partial charge in [0.1, 0.15) is 0 Å². The van der Waals surface area contributed by atoms with Crippen LogP contribution in [0.1, 0.15) is 32.1 Å². The van der Waals surface area contributed by atoms with E-state index >= 15 is 0 Å². The number of aliphatic hydroxyl groups is 1. The van der Waals surface area contributed by atoms with Crippen molar-refractivity contribution in [3.05, 3.63) is 12.7 Å². The highest BCUT2D eigenvalue weighted by molar-refractivity contribution is 4.92. The largest absolute Gasteiger partial charge is 0.396 e. The van der Waals surface area contributed by atoms with Crippen molar-refractivity contribution in [1.29, 1.82) is 0 Å². The number of rotatable bonds is 3. The third-order valence-corrected chi connectivity index (χ3v) is 2.95. The van der Waals surface area contributed by atoms with E-state index in [1.54, 1.807) is 6.08 Å². The first-order valence-electron chi connectivity index (χ1n) is 4.63. The van der Waals surface area contributed by atoms with E-state index in [1.807, 2.05) is 0 Å². The molecule has 0 amide bonds. The summed E-state index contributed by atoms with van der Waals surface area (Å²) >= 11 is 0. The molecule has 13 heavy (non-hydrogen) atoms. The van der Waals surface area contributed by atoms with Gasteiger partial charge in [0.05, 0.1) is 0 Å². The Morgan fingerprint density at radius 2 is 1.77 bits per heavy atom. The van der Waals surface area contributed by atoms with Gasteiger partial charge in [0, 0.05) is 19.4 Å². The number of allylic oxidation sites excluding steroid dienone is 1. The molecular formula is C10H16F2O. The summed E-state index contributed by atoms with van der Waals surface area (Å²) in [6.45, 7) is 3.58. The summed E-state index contributed by atoms with van der Waals surface area (Å²) in [5.74, 6) is -2.51. The molecule has 0 aliphatic heterocycles. The van der Waals surface area contributed by atoms with Gasteiger partial charge in [-0.3, -0.25) is 0 Å². The highest BCUT2D eigenvalue weighted by atomic mass is 19.3. The Labute approximate surface area is 77.5 Å². The number of hydrogen-bond acceptors (Lipinski definition) is 1. The maximum Gasteiger partial charge on any atom is 0.248 e. The fourth-order valence-electron chi connectivity index (χ4n) is 1.88. The Bertz CT molecular complexity index is 179. The average molecular weight is 190 g/mol. The zero-order chi connectivity index (χ0) is 9.95. The molecule has 0 spiro atoms. The fraction of sp³-hybridized carbons (Fsp3) is 0.800. The van der Waals surface area contributed by atoms with E-state index in [9.17, 15) is 8.78 Å². The van der Waals surface area contributed by atoms with E-state index < -0.39 is 5.92 Å². The van der Waals surface area contributed by atoms with Crippen LogP contribution in [0.4, 0.5) is 8.78 Å². The smallest absolute Gasteiger partial charge is 0.248 e. The summed E-state index contributed by atoms with van der Waals surface area (Å²) in [4.78, 5) is 0. The van der Waals surface area contributed by atoms with E-state index in [0.29, 0.717) is 19.3 Å².